The summed E-state index contributed by atoms with van der Waals surface area (Å²) in [6.07, 6.45) is 0. The maximum Gasteiger partial charge on any atom is 0.239 e. The van der Waals surface area contributed by atoms with Crippen LogP contribution in [0.5, 0.6) is 0 Å². The molecule has 6 nitrogen and oxygen atoms in total. The molecule has 0 bridgehead atoms. The first-order valence-corrected chi connectivity index (χ1v) is 7.33. The Hall–Kier alpha value is -2.08. The van der Waals surface area contributed by atoms with Crippen LogP contribution in [0.15, 0.2) is 23.2 Å². The molecule has 0 aliphatic carbocycles. The molecule has 0 saturated heterocycles. The Labute approximate surface area is 132 Å². The summed E-state index contributed by atoms with van der Waals surface area (Å²) in [6.45, 7) is 6.01. The number of aryl methyl sites for hydroxylation is 2. The van der Waals surface area contributed by atoms with Crippen LogP contribution in [0, 0.1) is 13.8 Å². The van der Waals surface area contributed by atoms with Crippen LogP contribution < -0.4 is 16.0 Å². The van der Waals surface area contributed by atoms with Gasteiger partial charge in [0, 0.05) is 27.2 Å². The molecule has 0 heterocycles. The lowest BCUT2D eigenvalue weighted by atomic mass is 10.1. The Morgan fingerprint density at radius 3 is 2.64 bits per heavy atom. The number of hydrogen-bond acceptors (Lipinski definition) is 3. The lowest BCUT2D eigenvalue weighted by molar-refractivity contribution is -0.120. The summed E-state index contributed by atoms with van der Waals surface area (Å²) in [5, 5.41) is 8.93. The van der Waals surface area contributed by atoms with Crippen molar-refractivity contribution in [1.82, 2.24) is 16.0 Å². The highest BCUT2D eigenvalue weighted by atomic mass is 16.5. The van der Waals surface area contributed by atoms with Crippen molar-refractivity contribution in [3.63, 3.8) is 0 Å². The number of nitrogens with zero attached hydrogens (tertiary/aromatic N) is 1. The predicted octanol–water partition coefficient (Wildman–Crippen LogP) is 0.731. The number of amides is 1. The van der Waals surface area contributed by atoms with Gasteiger partial charge in [-0.3, -0.25) is 9.79 Å². The number of benzene rings is 1. The molecule has 0 aliphatic heterocycles. The maximum absolute atomic E-state index is 11.6. The SMILES string of the molecule is CN=C(NCC(=O)NCCOC)NCc1ccc(C)cc1C. The van der Waals surface area contributed by atoms with Gasteiger partial charge >= 0.3 is 0 Å². The van der Waals surface area contributed by atoms with Crippen molar-refractivity contribution in [3.05, 3.63) is 34.9 Å². The second kappa shape index (κ2) is 9.78. The van der Waals surface area contributed by atoms with Gasteiger partial charge in [0.2, 0.25) is 5.91 Å². The third kappa shape index (κ3) is 6.58. The molecule has 0 saturated carbocycles. The third-order valence-corrected chi connectivity index (χ3v) is 3.21. The lowest BCUT2D eigenvalue weighted by Gasteiger charge is -2.13. The maximum atomic E-state index is 11.6. The van der Waals surface area contributed by atoms with Gasteiger partial charge < -0.3 is 20.7 Å². The largest absolute Gasteiger partial charge is 0.383 e. The van der Waals surface area contributed by atoms with Gasteiger partial charge in [0.05, 0.1) is 13.2 Å². The predicted molar refractivity (Wildman–Crippen MR) is 89.0 cm³/mol. The number of methoxy groups -OCH3 is 1. The van der Waals surface area contributed by atoms with Crippen molar-refractivity contribution < 1.29 is 9.53 Å². The zero-order chi connectivity index (χ0) is 16.4. The van der Waals surface area contributed by atoms with E-state index in [4.69, 9.17) is 4.74 Å². The van der Waals surface area contributed by atoms with Crippen molar-refractivity contribution >= 4 is 11.9 Å². The van der Waals surface area contributed by atoms with Gasteiger partial charge in [0.25, 0.3) is 0 Å². The van der Waals surface area contributed by atoms with Crippen LogP contribution in [0.1, 0.15) is 16.7 Å². The highest BCUT2D eigenvalue weighted by Gasteiger charge is 2.04. The molecule has 0 radical (unpaired) electrons. The van der Waals surface area contributed by atoms with Crippen LogP contribution in [-0.4, -0.2) is 45.7 Å². The zero-order valence-corrected chi connectivity index (χ0v) is 13.8. The highest BCUT2D eigenvalue weighted by molar-refractivity contribution is 5.86. The van der Waals surface area contributed by atoms with Crippen molar-refractivity contribution in [1.29, 1.82) is 0 Å². The van der Waals surface area contributed by atoms with Gasteiger partial charge in [0.1, 0.15) is 0 Å². The van der Waals surface area contributed by atoms with E-state index in [1.807, 2.05) is 0 Å². The van der Waals surface area contributed by atoms with E-state index in [1.165, 1.54) is 16.7 Å². The van der Waals surface area contributed by atoms with Crippen LogP contribution in [0.2, 0.25) is 0 Å². The number of aliphatic imine (C=N–C) groups is 1. The average Bonchev–Trinajstić information content (AvgIpc) is 2.49. The number of guanidine groups is 1. The molecule has 0 atom stereocenters. The van der Waals surface area contributed by atoms with Crippen molar-refractivity contribution in [2.45, 2.75) is 20.4 Å². The number of rotatable bonds is 7. The third-order valence-electron chi connectivity index (χ3n) is 3.21. The van der Waals surface area contributed by atoms with Gasteiger partial charge in [-0.05, 0) is 25.0 Å². The van der Waals surface area contributed by atoms with E-state index in [9.17, 15) is 4.79 Å². The Bertz CT molecular complexity index is 515. The minimum Gasteiger partial charge on any atom is -0.383 e. The fourth-order valence-electron chi connectivity index (χ4n) is 1.96. The molecule has 0 fully saturated rings. The molecule has 3 N–H and O–H groups in total. The first-order valence-electron chi connectivity index (χ1n) is 7.33. The van der Waals surface area contributed by atoms with Crippen LogP contribution in [-0.2, 0) is 16.1 Å². The van der Waals surface area contributed by atoms with Gasteiger partial charge in [-0.25, -0.2) is 0 Å². The monoisotopic (exact) mass is 306 g/mol. The van der Waals surface area contributed by atoms with E-state index >= 15 is 0 Å². The molecule has 1 aromatic carbocycles. The average molecular weight is 306 g/mol. The van der Waals surface area contributed by atoms with Crippen LogP contribution in [0.3, 0.4) is 0 Å². The van der Waals surface area contributed by atoms with E-state index in [-0.39, 0.29) is 12.5 Å². The fraction of sp³-hybridized carbons (Fsp3) is 0.500. The summed E-state index contributed by atoms with van der Waals surface area (Å²) >= 11 is 0. The molecule has 122 valence electrons. The Balaban J connectivity index is 2.38. The first kappa shape index (κ1) is 18.0. The summed E-state index contributed by atoms with van der Waals surface area (Å²) in [7, 11) is 3.28. The van der Waals surface area contributed by atoms with Crippen molar-refractivity contribution in [2.75, 3.05) is 33.9 Å². The molecule has 1 rings (SSSR count). The number of nitrogens with one attached hydrogen (secondary N) is 3. The van der Waals surface area contributed by atoms with E-state index in [2.05, 4.69) is 53.0 Å². The Morgan fingerprint density at radius 1 is 1.23 bits per heavy atom. The van der Waals surface area contributed by atoms with Gasteiger partial charge in [-0.2, -0.15) is 0 Å². The van der Waals surface area contributed by atoms with E-state index < -0.39 is 0 Å². The molecule has 1 aromatic rings. The zero-order valence-electron chi connectivity index (χ0n) is 13.8. The summed E-state index contributed by atoms with van der Waals surface area (Å²) in [5.41, 5.74) is 3.69. The molecule has 1 amide bonds. The first-order chi connectivity index (χ1) is 10.6. The second-order valence-electron chi connectivity index (χ2n) is 5.05. The van der Waals surface area contributed by atoms with Crippen LogP contribution in [0.25, 0.3) is 0 Å². The van der Waals surface area contributed by atoms with Crippen molar-refractivity contribution in [2.24, 2.45) is 4.99 Å². The topological polar surface area (TPSA) is 74.8 Å². The minimum absolute atomic E-state index is 0.0912. The smallest absolute Gasteiger partial charge is 0.239 e. The van der Waals surface area contributed by atoms with Crippen molar-refractivity contribution in [3.8, 4) is 0 Å². The number of carbonyl (C=O) groups excluding carboxylic acids is 1. The minimum atomic E-state index is -0.0912. The molecule has 22 heavy (non-hydrogen) atoms. The Kier molecular flexibility index (Phi) is 7.99. The van der Waals surface area contributed by atoms with E-state index in [1.54, 1.807) is 14.2 Å². The molecular weight excluding hydrogens is 280 g/mol. The summed E-state index contributed by atoms with van der Waals surface area (Å²) in [4.78, 5) is 15.7. The molecule has 0 aromatic heterocycles. The normalized spacial score (nSPS) is 11.2. The van der Waals surface area contributed by atoms with E-state index in [0.29, 0.717) is 25.7 Å². The van der Waals surface area contributed by atoms with E-state index in [0.717, 1.165) is 0 Å². The Morgan fingerprint density at radius 2 is 2.00 bits per heavy atom. The summed E-state index contributed by atoms with van der Waals surface area (Å²) < 4.78 is 4.87. The van der Waals surface area contributed by atoms with Gasteiger partial charge in [0.15, 0.2) is 5.96 Å². The second-order valence-corrected chi connectivity index (χ2v) is 5.05. The standard InChI is InChI=1S/C16H26N4O2/c1-12-5-6-14(13(2)9-12)10-19-16(17-3)20-11-15(21)18-7-8-22-4/h5-6,9H,7-8,10-11H2,1-4H3,(H,18,21)(H2,17,19,20). The van der Waals surface area contributed by atoms with Gasteiger partial charge in [-0.1, -0.05) is 23.8 Å². The number of ether oxygens (including phenoxy) is 1. The fourth-order valence-corrected chi connectivity index (χ4v) is 1.96. The molecule has 0 spiro atoms. The summed E-state index contributed by atoms with van der Waals surface area (Å²) in [5.74, 6) is 0.508. The lowest BCUT2D eigenvalue weighted by Crippen LogP contribution is -2.43. The number of hydrogen-bond donors (Lipinski definition) is 3. The molecule has 6 heteroatoms. The van der Waals surface area contributed by atoms with Crippen LogP contribution in [0.4, 0.5) is 0 Å². The quantitative estimate of drug-likeness (QED) is 0.394. The van der Waals surface area contributed by atoms with Crippen LogP contribution >= 0.6 is 0 Å². The highest BCUT2D eigenvalue weighted by Crippen LogP contribution is 2.09. The molecule has 0 aliphatic rings. The van der Waals surface area contributed by atoms with Gasteiger partial charge in [-0.15, -0.1) is 0 Å². The number of carbonyl (C=O) groups is 1. The molecular formula is C16H26N4O2. The summed E-state index contributed by atoms with van der Waals surface area (Å²) in [6, 6.07) is 6.34. The molecule has 0 unspecified atom stereocenters.